The lowest BCUT2D eigenvalue weighted by Gasteiger charge is -2.36. The molecule has 0 atom stereocenters. The van der Waals surface area contributed by atoms with E-state index in [4.69, 9.17) is 11.6 Å². The molecule has 0 radical (unpaired) electrons. The fraction of sp³-hybridized carbons (Fsp3) is 0.429. The minimum atomic E-state index is -5.47. The minimum Gasteiger partial charge on any atom is -0.368 e. The monoisotopic (exact) mass is 368 g/mol. The fourth-order valence-electron chi connectivity index (χ4n) is 2.43. The SMILES string of the molecule is C=CCN1CCN(c2cccc(S(=O)(=O)C(F)(F)F)c2Cl)CC1. The average molecular weight is 369 g/mol. The summed E-state index contributed by atoms with van der Waals surface area (Å²) in [4.78, 5) is 3.02. The lowest BCUT2D eigenvalue weighted by atomic mass is 10.2. The second-order valence-electron chi connectivity index (χ2n) is 5.11. The molecule has 1 aliphatic rings. The van der Waals surface area contributed by atoms with Gasteiger partial charge in [0, 0.05) is 32.7 Å². The maximum Gasteiger partial charge on any atom is 0.501 e. The third kappa shape index (κ3) is 3.64. The summed E-state index contributed by atoms with van der Waals surface area (Å²) in [6.45, 7) is 6.86. The highest BCUT2D eigenvalue weighted by molar-refractivity contribution is 7.92. The summed E-state index contributed by atoms with van der Waals surface area (Å²) in [5, 5.41) is -0.387. The first-order valence-electron chi connectivity index (χ1n) is 6.86. The van der Waals surface area contributed by atoms with Crippen molar-refractivity contribution in [1.82, 2.24) is 4.90 Å². The number of hydrogen-bond donors (Lipinski definition) is 0. The van der Waals surface area contributed by atoms with Crippen LogP contribution in [0, 0.1) is 0 Å². The summed E-state index contributed by atoms with van der Waals surface area (Å²) < 4.78 is 61.4. The molecule has 23 heavy (non-hydrogen) atoms. The Labute approximate surface area is 138 Å². The smallest absolute Gasteiger partial charge is 0.368 e. The first kappa shape index (κ1) is 18.1. The molecule has 1 saturated heterocycles. The van der Waals surface area contributed by atoms with Crippen LogP contribution in [0.25, 0.3) is 0 Å². The van der Waals surface area contributed by atoms with E-state index in [-0.39, 0.29) is 5.02 Å². The molecule has 9 heteroatoms. The summed E-state index contributed by atoms with van der Waals surface area (Å²) >= 11 is 5.98. The molecule has 0 saturated carbocycles. The molecule has 1 aromatic carbocycles. The largest absolute Gasteiger partial charge is 0.501 e. The van der Waals surface area contributed by atoms with E-state index >= 15 is 0 Å². The highest BCUT2D eigenvalue weighted by Crippen LogP contribution is 2.38. The summed E-state index contributed by atoms with van der Waals surface area (Å²) in [6, 6.07) is 3.68. The summed E-state index contributed by atoms with van der Waals surface area (Å²) in [5.41, 5.74) is -5.08. The lowest BCUT2D eigenvalue weighted by Crippen LogP contribution is -2.46. The predicted octanol–water partition coefficient (Wildman–Crippen LogP) is 2.94. The summed E-state index contributed by atoms with van der Waals surface area (Å²) in [7, 11) is -5.47. The van der Waals surface area contributed by atoms with Crippen LogP contribution in [0.4, 0.5) is 18.9 Å². The van der Waals surface area contributed by atoms with Crippen molar-refractivity contribution < 1.29 is 21.6 Å². The zero-order valence-corrected chi connectivity index (χ0v) is 13.8. The van der Waals surface area contributed by atoms with E-state index in [9.17, 15) is 21.6 Å². The zero-order valence-electron chi connectivity index (χ0n) is 12.2. The zero-order chi connectivity index (χ0) is 17.3. The second kappa shape index (κ2) is 6.70. The number of piperazine rings is 1. The molecule has 1 fully saturated rings. The third-order valence-corrected chi connectivity index (χ3v) is 5.68. The summed E-state index contributed by atoms with van der Waals surface area (Å²) in [6.07, 6.45) is 1.78. The third-order valence-electron chi connectivity index (χ3n) is 3.64. The molecular formula is C14H16ClF3N2O2S. The molecule has 0 aliphatic carbocycles. The van der Waals surface area contributed by atoms with Gasteiger partial charge in [0.1, 0.15) is 0 Å². The van der Waals surface area contributed by atoms with Gasteiger partial charge in [-0.1, -0.05) is 23.7 Å². The van der Waals surface area contributed by atoms with Crippen LogP contribution in [0.2, 0.25) is 5.02 Å². The Kier molecular flexibility index (Phi) is 5.27. The molecule has 1 aliphatic heterocycles. The van der Waals surface area contributed by atoms with Gasteiger partial charge in [0.05, 0.1) is 15.6 Å². The molecule has 0 aromatic heterocycles. The first-order chi connectivity index (χ1) is 10.7. The Bertz CT molecular complexity index is 684. The number of halogens is 4. The summed E-state index contributed by atoms with van der Waals surface area (Å²) in [5.74, 6) is 0. The van der Waals surface area contributed by atoms with Crippen LogP contribution in [-0.4, -0.2) is 51.5 Å². The molecule has 0 amide bonds. The molecule has 2 rings (SSSR count). The van der Waals surface area contributed by atoms with Crippen LogP contribution >= 0.6 is 11.6 Å². The van der Waals surface area contributed by atoms with E-state index < -0.39 is 20.2 Å². The number of anilines is 1. The van der Waals surface area contributed by atoms with Crippen molar-refractivity contribution in [1.29, 1.82) is 0 Å². The van der Waals surface area contributed by atoms with Gasteiger partial charge >= 0.3 is 5.51 Å². The number of sulfone groups is 1. The highest BCUT2D eigenvalue weighted by Gasteiger charge is 2.48. The molecular weight excluding hydrogens is 353 g/mol. The standard InChI is InChI=1S/C14H16ClF3N2O2S/c1-2-6-19-7-9-20(10-8-19)11-4-3-5-12(13(11)15)23(21,22)14(16,17)18/h2-5H,1,6-10H2. The molecule has 128 valence electrons. The van der Waals surface area contributed by atoms with E-state index in [0.29, 0.717) is 31.9 Å². The molecule has 0 N–H and O–H groups in total. The van der Waals surface area contributed by atoms with Crippen LogP contribution in [0.1, 0.15) is 0 Å². The van der Waals surface area contributed by atoms with Gasteiger partial charge in [-0.05, 0) is 12.1 Å². The van der Waals surface area contributed by atoms with Gasteiger partial charge in [-0.2, -0.15) is 13.2 Å². The van der Waals surface area contributed by atoms with Gasteiger partial charge < -0.3 is 4.90 Å². The maximum atomic E-state index is 12.7. The fourth-order valence-corrected chi connectivity index (χ4v) is 3.83. The Hall–Kier alpha value is -1.25. The molecule has 1 heterocycles. The predicted molar refractivity (Wildman–Crippen MR) is 83.5 cm³/mol. The van der Waals surface area contributed by atoms with Crippen molar-refractivity contribution in [2.75, 3.05) is 37.6 Å². The van der Waals surface area contributed by atoms with E-state index in [1.807, 2.05) is 0 Å². The van der Waals surface area contributed by atoms with Crippen molar-refractivity contribution in [2.24, 2.45) is 0 Å². The van der Waals surface area contributed by atoms with Crippen molar-refractivity contribution in [3.8, 4) is 0 Å². The average Bonchev–Trinajstić information content (AvgIpc) is 2.47. The number of hydrogen-bond acceptors (Lipinski definition) is 4. The number of rotatable bonds is 4. The minimum absolute atomic E-state index is 0.301. The van der Waals surface area contributed by atoms with E-state index in [1.165, 1.54) is 12.1 Å². The molecule has 1 aromatic rings. The highest BCUT2D eigenvalue weighted by atomic mass is 35.5. The maximum absolute atomic E-state index is 12.7. The van der Waals surface area contributed by atoms with Gasteiger partial charge in [-0.3, -0.25) is 4.90 Å². The van der Waals surface area contributed by atoms with E-state index in [2.05, 4.69) is 11.5 Å². The van der Waals surface area contributed by atoms with Crippen molar-refractivity contribution in [3.63, 3.8) is 0 Å². The first-order valence-corrected chi connectivity index (χ1v) is 8.72. The Morgan fingerprint density at radius 2 is 1.83 bits per heavy atom. The van der Waals surface area contributed by atoms with Crippen LogP contribution in [0.3, 0.4) is 0 Å². The number of nitrogens with zero attached hydrogens (tertiary/aromatic N) is 2. The van der Waals surface area contributed by atoms with Gasteiger partial charge in [-0.25, -0.2) is 8.42 Å². The Morgan fingerprint density at radius 3 is 2.35 bits per heavy atom. The quantitative estimate of drug-likeness (QED) is 0.766. The van der Waals surface area contributed by atoms with Crippen molar-refractivity contribution in [2.45, 2.75) is 10.4 Å². The molecule has 0 bridgehead atoms. The van der Waals surface area contributed by atoms with Gasteiger partial charge in [-0.15, -0.1) is 6.58 Å². The Balaban J connectivity index is 2.30. The topological polar surface area (TPSA) is 40.6 Å². The molecule has 0 spiro atoms. The van der Waals surface area contributed by atoms with Crippen molar-refractivity contribution >= 4 is 27.1 Å². The van der Waals surface area contributed by atoms with Gasteiger partial charge in [0.25, 0.3) is 9.84 Å². The molecule has 4 nitrogen and oxygen atoms in total. The van der Waals surface area contributed by atoms with Gasteiger partial charge in [0.2, 0.25) is 0 Å². The van der Waals surface area contributed by atoms with E-state index in [0.717, 1.165) is 12.6 Å². The van der Waals surface area contributed by atoms with Crippen LogP contribution in [0.5, 0.6) is 0 Å². The van der Waals surface area contributed by atoms with Gasteiger partial charge in [0.15, 0.2) is 0 Å². The number of alkyl halides is 3. The normalized spacial score (nSPS) is 17.3. The molecule has 0 unspecified atom stereocenters. The lowest BCUT2D eigenvalue weighted by molar-refractivity contribution is -0.0435. The van der Waals surface area contributed by atoms with Crippen molar-refractivity contribution in [3.05, 3.63) is 35.9 Å². The van der Waals surface area contributed by atoms with Crippen LogP contribution < -0.4 is 4.90 Å². The second-order valence-corrected chi connectivity index (χ2v) is 7.40. The Morgan fingerprint density at radius 1 is 1.22 bits per heavy atom. The van der Waals surface area contributed by atoms with Crippen LogP contribution in [0.15, 0.2) is 35.7 Å². The number of benzene rings is 1. The van der Waals surface area contributed by atoms with E-state index in [1.54, 1.807) is 11.0 Å². The van der Waals surface area contributed by atoms with Crippen LogP contribution in [-0.2, 0) is 9.84 Å².